The summed E-state index contributed by atoms with van der Waals surface area (Å²) in [6.45, 7) is 3.88. The third kappa shape index (κ3) is 4.73. The van der Waals surface area contributed by atoms with Crippen LogP contribution in [0.25, 0.3) is 0 Å². The normalized spacial score (nSPS) is 10.4. The highest BCUT2D eigenvalue weighted by Crippen LogP contribution is 2.13. The molecule has 0 unspecified atom stereocenters. The van der Waals surface area contributed by atoms with Crippen LogP contribution >= 0.6 is 0 Å². The number of ether oxygens (including phenoxy) is 1. The van der Waals surface area contributed by atoms with Crippen LogP contribution in [0.4, 0.5) is 0 Å². The highest BCUT2D eigenvalue weighted by molar-refractivity contribution is 5.28. The van der Waals surface area contributed by atoms with E-state index < -0.39 is 0 Å². The molecule has 0 bridgehead atoms. The summed E-state index contributed by atoms with van der Waals surface area (Å²) in [6.07, 6.45) is 0. The first-order valence-corrected chi connectivity index (χ1v) is 6.49. The summed E-state index contributed by atoms with van der Waals surface area (Å²) in [5.41, 5.74) is 5.25. The Morgan fingerprint density at radius 1 is 0.947 bits per heavy atom. The number of benzene rings is 2. The van der Waals surface area contributed by atoms with Crippen molar-refractivity contribution < 1.29 is 9.57 Å². The molecule has 3 nitrogen and oxygen atoms in total. The van der Waals surface area contributed by atoms with E-state index in [2.05, 4.69) is 5.48 Å². The molecule has 0 heterocycles. The zero-order valence-electron chi connectivity index (χ0n) is 11.1. The van der Waals surface area contributed by atoms with Gasteiger partial charge in [0.05, 0.1) is 13.2 Å². The smallest absolute Gasteiger partial charge is 0.119 e. The molecule has 0 atom stereocenters. The molecule has 2 aromatic carbocycles. The maximum atomic E-state index is 5.45. The standard InChI is InChI=1S/C16H19NO2/c1-2-18-16-10-6-9-15(11-16)12-17-19-13-14-7-4-3-5-8-14/h3-11,17H,2,12-13H2,1H3. The van der Waals surface area contributed by atoms with E-state index >= 15 is 0 Å². The first-order chi connectivity index (χ1) is 9.38. The molecule has 0 aliphatic carbocycles. The molecule has 0 radical (unpaired) electrons. The van der Waals surface area contributed by atoms with Gasteiger partial charge in [0.25, 0.3) is 0 Å². The summed E-state index contributed by atoms with van der Waals surface area (Å²) < 4.78 is 5.45. The zero-order valence-corrected chi connectivity index (χ0v) is 11.1. The summed E-state index contributed by atoms with van der Waals surface area (Å²) in [4.78, 5) is 5.43. The monoisotopic (exact) mass is 257 g/mol. The highest BCUT2D eigenvalue weighted by atomic mass is 16.6. The second-order valence-electron chi connectivity index (χ2n) is 4.18. The van der Waals surface area contributed by atoms with Crippen LogP contribution in [0.3, 0.4) is 0 Å². The molecule has 2 aromatic rings. The molecule has 0 saturated carbocycles. The van der Waals surface area contributed by atoms with Gasteiger partial charge in [-0.1, -0.05) is 42.5 Å². The van der Waals surface area contributed by atoms with Crippen molar-refractivity contribution in [2.75, 3.05) is 6.61 Å². The van der Waals surface area contributed by atoms with Gasteiger partial charge in [-0.3, -0.25) is 4.84 Å². The van der Waals surface area contributed by atoms with E-state index in [1.807, 2.05) is 61.5 Å². The maximum Gasteiger partial charge on any atom is 0.119 e. The van der Waals surface area contributed by atoms with Crippen molar-refractivity contribution in [2.45, 2.75) is 20.1 Å². The Bertz CT molecular complexity index is 485. The van der Waals surface area contributed by atoms with Crippen molar-refractivity contribution >= 4 is 0 Å². The van der Waals surface area contributed by atoms with Gasteiger partial charge in [-0.15, -0.1) is 0 Å². The van der Waals surface area contributed by atoms with Crippen LogP contribution in [0.1, 0.15) is 18.1 Å². The van der Waals surface area contributed by atoms with Crippen LogP contribution in [0.2, 0.25) is 0 Å². The van der Waals surface area contributed by atoms with Gasteiger partial charge in [-0.25, -0.2) is 0 Å². The SMILES string of the molecule is CCOc1cccc(CNOCc2ccccc2)c1. The summed E-state index contributed by atoms with van der Waals surface area (Å²) in [5.74, 6) is 0.893. The molecule has 2 rings (SSSR count). The Morgan fingerprint density at radius 3 is 2.53 bits per heavy atom. The lowest BCUT2D eigenvalue weighted by Gasteiger charge is -2.08. The van der Waals surface area contributed by atoms with Gasteiger partial charge in [-0.2, -0.15) is 5.48 Å². The quantitative estimate of drug-likeness (QED) is 0.610. The third-order valence-electron chi connectivity index (χ3n) is 2.67. The van der Waals surface area contributed by atoms with Crippen LogP contribution in [0, 0.1) is 0 Å². The van der Waals surface area contributed by atoms with Crippen molar-refractivity contribution in [1.29, 1.82) is 0 Å². The van der Waals surface area contributed by atoms with E-state index in [-0.39, 0.29) is 0 Å². The van der Waals surface area contributed by atoms with E-state index in [9.17, 15) is 0 Å². The predicted molar refractivity (Wildman–Crippen MR) is 75.7 cm³/mol. The lowest BCUT2D eigenvalue weighted by atomic mass is 10.2. The van der Waals surface area contributed by atoms with E-state index in [4.69, 9.17) is 9.57 Å². The molecule has 3 heteroatoms. The lowest BCUT2D eigenvalue weighted by Crippen LogP contribution is -2.13. The molecule has 0 aromatic heterocycles. The fraction of sp³-hybridized carbons (Fsp3) is 0.250. The summed E-state index contributed by atoms with van der Waals surface area (Å²) in [6, 6.07) is 18.1. The van der Waals surface area contributed by atoms with Crippen molar-refractivity contribution in [1.82, 2.24) is 5.48 Å². The first kappa shape index (κ1) is 13.6. The topological polar surface area (TPSA) is 30.5 Å². The van der Waals surface area contributed by atoms with Gasteiger partial charge in [-0.05, 0) is 30.2 Å². The van der Waals surface area contributed by atoms with Gasteiger partial charge in [0.1, 0.15) is 5.75 Å². The summed E-state index contributed by atoms with van der Waals surface area (Å²) in [5, 5.41) is 0. The molecule has 0 aliphatic rings. The average molecular weight is 257 g/mol. The molecular formula is C16H19NO2. The van der Waals surface area contributed by atoms with E-state index in [0.29, 0.717) is 19.8 Å². The summed E-state index contributed by atoms with van der Waals surface area (Å²) in [7, 11) is 0. The number of hydrogen-bond donors (Lipinski definition) is 1. The predicted octanol–water partition coefficient (Wildman–Crippen LogP) is 3.31. The fourth-order valence-corrected chi connectivity index (χ4v) is 1.75. The Balaban J connectivity index is 1.75. The minimum Gasteiger partial charge on any atom is -0.494 e. The molecule has 1 N–H and O–H groups in total. The van der Waals surface area contributed by atoms with Crippen LogP contribution < -0.4 is 10.2 Å². The van der Waals surface area contributed by atoms with Gasteiger partial charge >= 0.3 is 0 Å². The van der Waals surface area contributed by atoms with Crippen LogP contribution in [-0.4, -0.2) is 6.61 Å². The first-order valence-electron chi connectivity index (χ1n) is 6.49. The number of hydrogen-bond acceptors (Lipinski definition) is 3. The number of hydroxylamine groups is 1. The van der Waals surface area contributed by atoms with Crippen molar-refractivity contribution in [3.63, 3.8) is 0 Å². The average Bonchev–Trinajstić information content (AvgIpc) is 2.46. The van der Waals surface area contributed by atoms with Crippen LogP contribution in [-0.2, 0) is 18.0 Å². The largest absolute Gasteiger partial charge is 0.494 e. The van der Waals surface area contributed by atoms with Gasteiger partial charge in [0, 0.05) is 6.54 Å². The number of nitrogens with one attached hydrogen (secondary N) is 1. The molecule has 19 heavy (non-hydrogen) atoms. The Labute approximate surface area is 114 Å². The van der Waals surface area contributed by atoms with Gasteiger partial charge in [0.2, 0.25) is 0 Å². The third-order valence-corrected chi connectivity index (χ3v) is 2.67. The lowest BCUT2D eigenvalue weighted by molar-refractivity contribution is 0.0235. The fourth-order valence-electron chi connectivity index (χ4n) is 1.75. The molecular weight excluding hydrogens is 238 g/mol. The molecule has 0 aliphatic heterocycles. The highest BCUT2D eigenvalue weighted by Gasteiger charge is 1.97. The molecule has 0 spiro atoms. The van der Waals surface area contributed by atoms with E-state index in [1.165, 1.54) is 0 Å². The van der Waals surface area contributed by atoms with Gasteiger partial charge in [0.15, 0.2) is 0 Å². The minimum atomic E-state index is 0.561. The molecule has 0 saturated heterocycles. The Morgan fingerprint density at radius 2 is 1.74 bits per heavy atom. The molecule has 0 fully saturated rings. The molecule has 100 valence electrons. The minimum absolute atomic E-state index is 0.561. The number of rotatable bonds is 7. The Hall–Kier alpha value is -1.84. The van der Waals surface area contributed by atoms with Crippen molar-refractivity contribution in [2.24, 2.45) is 0 Å². The second kappa shape index (κ2) is 7.56. The van der Waals surface area contributed by atoms with Crippen LogP contribution in [0.5, 0.6) is 5.75 Å². The molecule has 0 amide bonds. The second-order valence-corrected chi connectivity index (χ2v) is 4.18. The van der Waals surface area contributed by atoms with Crippen molar-refractivity contribution in [3.05, 3.63) is 65.7 Å². The van der Waals surface area contributed by atoms with Crippen molar-refractivity contribution in [3.8, 4) is 5.75 Å². The van der Waals surface area contributed by atoms with Crippen LogP contribution in [0.15, 0.2) is 54.6 Å². The van der Waals surface area contributed by atoms with E-state index in [0.717, 1.165) is 16.9 Å². The zero-order chi connectivity index (χ0) is 13.3. The van der Waals surface area contributed by atoms with Gasteiger partial charge < -0.3 is 4.74 Å². The Kier molecular flexibility index (Phi) is 5.41. The summed E-state index contributed by atoms with van der Waals surface area (Å²) >= 11 is 0. The van der Waals surface area contributed by atoms with E-state index in [1.54, 1.807) is 0 Å². The maximum absolute atomic E-state index is 5.45.